The van der Waals surface area contributed by atoms with Crippen molar-refractivity contribution in [1.82, 2.24) is 15.0 Å². The van der Waals surface area contributed by atoms with Crippen molar-refractivity contribution in [1.29, 1.82) is 0 Å². The Hall–Kier alpha value is -1.88. The zero-order valence-corrected chi connectivity index (χ0v) is 13.2. The molecule has 0 aliphatic carbocycles. The maximum absolute atomic E-state index is 5.21. The Labute approximate surface area is 126 Å². The highest BCUT2D eigenvalue weighted by molar-refractivity contribution is 5.21. The van der Waals surface area contributed by atoms with Gasteiger partial charge in [0.25, 0.3) is 0 Å². The van der Waals surface area contributed by atoms with Crippen LogP contribution in [0.15, 0.2) is 34.9 Å². The fourth-order valence-electron chi connectivity index (χ4n) is 2.21. The van der Waals surface area contributed by atoms with Crippen molar-refractivity contribution in [3.8, 4) is 0 Å². The summed E-state index contributed by atoms with van der Waals surface area (Å²) in [5, 5.41) is 7.21. The van der Waals surface area contributed by atoms with Gasteiger partial charge >= 0.3 is 6.01 Å². The lowest BCUT2D eigenvalue weighted by atomic mass is 10.2. The molecule has 0 spiro atoms. The number of hydrogen-bond donors (Lipinski definition) is 1. The van der Waals surface area contributed by atoms with Crippen molar-refractivity contribution in [2.45, 2.75) is 39.3 Å². The number of benzene rings is 1. The fourth-order valence-corrected chi connectivity index (χ4v) is 2.21. The molecule has 0 saturated carbocycles. The van der Waals surface area contributed by atoms with Gasteiger partial charge in [-0.15, -0.1) is 0 Å². The van der Waals surface area contributed by atoms with E-state index in [1.807, 2.05) is 19.9 Å². The van der Waals surface area contributed by atoms with Gasteiger partial charge in [0.05, 0.1) is 0 Å². The largest absolute Gasteiger partial charge is 0.334 e. The van der Waals surface area contributed by atoms with E-state index in [1.54, 1.807) is 0 Å². The van der Waals surface area contributed by atoms with Gasteiger partial charge in [-0.2, -0.15) is 4.98 Å². The number of nitrogens with zero attached hydrogens (tertiary/aromatic N) is 3. The maximum Gasteiger partial charge on any atom is 0.321 e. The topological polar surface area (TPSA) is 54.2 Å². The van der Waals surface area contributed by atoms with Crippen LogP contribution in [0.25, 0.3) is 0 Å². The van der Waals surface area contributed by atoms with Gasteiger partial charge in [-0.1, -0.05) is 49.3 Å². The van der Waals surface area contributed by atoms with Crippen molar-refractivity contribution < 1.29 is 4.52 Å². The molecule has 21 heavy (non-hydrogen) atoms. The quantitative estimate of drug-likeness (QED) is 0.848. The van der Waals surface area contributed by atoms with Crippen LogP contribution in [0.5, 0.6) is 0 Å². The number of anilines is 1. The fraction of sp³-hybridized carbons (Fsp3) is 0.500. The van der Waals surface area contributed by atoms with E-state index in [1.165, 1.54) is 5.56 Å². The van der Waals surface area contributed by atoms with E-state index in [0.717, 1.165) is 18.9 Å². The summed E-state index contributed by atoms with van der Waals surface area (Å²) < 4.78 is 5.21. The number of aromatic nitrogens is 2. The predicted octanol–water partition coefficient (Wildman–Crippen LogP) is 3.13. The van der Waals surface area contributed by atoms with Crippen LogP contribution in [0.4, 0.5) is 6.01 Å². The van der Waals surface area contributed by atoms with Crippen molar-refractivity contribution in [2.24, 2.45) is 0 Å². The molecule has 1 unspecified atom stereocenters. The summed E-state index contributed by atoms with van der Waals surface area (Å²) in [6.45, 7) is 8.03. The van der Waals surface area contributed by atoms with E-state index in [-0.39, 0.29) is 12.0 Å². The molecule has 1 heterocycles. The molecule has 114 valence electrons. The number of nitrogens with one attached hydrogen (secondary N) is 1. The summed E-state index contributed by atoms with van der Waals surface area (Å²) in [6, 6.07) is 11.2. The van der Waals surface area contributed by atoms with Crippen LogP contribution in [-0.2, 0) is 6.54 Å². The highest BCUT2D eigenvalue weighted by atomic mass is 16.5. The van der Waals surface area contributed by atoms with Crippen molar-refractivity contribution in [3.63, 3.8) is 0 Å². The summed E-state index contributed by atoms with van der Waals surface area (Å²) in [5.41, 5.74) is 1.31. The standard InChI is InChI=1S/C16H24N4O/c1-12(2)15-18-16(21-19-15)17-13(3)10-20(4)11-14-8-6-5-7-9-14/h5-9,12-13H,10-11H2,1-4H3,(H,17,18,19). The molecule has 5 nitrogen and oxygen atoms in total. The second-order valence-corrected chi connectivity index (χ2v) is 5.84. The van der Waals surface area contributed by atoms with E-state index in [0.29, 0.717) is 6.01 Å². The number of rotatable bonds is 7. The molecule has 5 heteroatoms. The van der Waals surface area contributed by atoms with Crippen LogP contribution in [0, 0.1) is 0 Å². The Balaban J connectivity index is 1.81. The molecular formula is C16H24N4O. The first kappa shape index (κ1) is 15.5. The summed E-state index contributed by atoms with van der Waals surface area (Å²) in [4.78, 5) is 6.60. The lowest BCUT2D eigenvalue weighted by molar-refractivity contribution is 0.313. The average Bonchev–Trinajstić information content (AvgIpc) is 2.88. The van der Waals surface area contributed by atoms with Gasteiger partial charge in [0.1, 0.15) is 0 Å². The van der Waals surface area contributed by atoms with Crippen molar-refractivity contribution >= 4 is 6.01 Å². The molecule has 2 rings (SSSR count). The first-order valence-corrected chi connectivity index (χ1v) is 7.37. The predicted molar refractivity (Wildman–Crippen MR) is 84.2 cm³/mol. The number of likely N-dealkylation sites (N-methyl/N-ethyl adjacent to an activating group) is 1. The molecule has 1 aromatic heterocycles. The zero-order valence-electron chi connectivity index (χ0n) is 13.2. The molecule has 0 fully saturated rings. The summed E-state index contributed by atoms with van der Waals surface area (Å²) in [5.74, 6) is 1.02. The molecule has 0 radical (unpaired) electrons. The van der Waals surface area contributed by atoms with Crippen LogP contribution >= 0.6 is 0 Å². The van der Waals surface area contributed by atoms with Crippen molar-refractivity contribution in [3.05, 3.63) is 41.7 Å². The Morgan fingerprint density at radius 1 is 1.19 bits per heavy atom. The van der Waals surface area contributed by atoms with E-state index in [2.05, 4.69) is 58.6 Å². The monoisotopic (exact) mass is 288 g/mol. The van der Waals surface area contributed by atoms with Gasteiger partial charge in [-0.25, -0.2) is 0 Å². The molecule has 0 aliphatic heterocycles. The Morgan fingerprint density at radius 2 is 1.90 bits per heavy atom. The average molecular weight is 288 g/mol. The van der Waals surface area contributed by atoms with E-state index in [4.69, 9.17) is 4.52 Å². The Morgan fingerprint density at radius 3 is 2.52 bits per heavy atom. The summed E-state index contributed by atoms with van der Waals surface area (Å²) >= 11 is 0. The molecule has 0 aliphatic rings. The lowest BCUT2D eigenvalue weighted by Crippen LogP contribution is -2.32. The minimum atomic E-state index is 0.235. The number of hydrogen-bond acceptors (Lipinski definition) is 5. The van der Waals surface area contributed by atoms with E-state index in [9.17, 15) is 0 Å². The minimum absolute atomic E-state index is 0.235. The van der Waals surface area contributed by atoms with Crippen LogP contribution in [0.2, 0.25) is 0 Å². The molecule has 0 saturated heterocycles. The second-order valence-electron chi connectivity index (χ2n) is 5.84. The highest BCUT2D eigenvalue weighted by Gasteiger charge is 2.13. The SMILES string of the molecule is CC(CN(C)Cc1ccccc1)Nc1nc(C(C)C)no1. The third kappa shape index (κ3) is 4.86. The third-order valence-corrected chi connectivity index (χ3v) is 3.21. The Kier molecular flexibility index (Phi) is 5.33. The van der Waals surface area contributed by atoms with Gasteiger partial charge in [-0.05, 0) is 19.5 Å². The maximum atomic E-state index is 5.21. The van der Waals surface area contributed by atoms with Crippen LogP contribution in [-0.4, -0.2) is 34.7 Å². The molecule has 1 aromatic carbocycles. The minimum Gasteiger partial charge on any atom is -0.334 e. The normalized spacial score (nSPS) is 12.9. The Bertz CT molecular complexity index is 538. The van der Waals surface area contributed by atoms with Gasteiger partial charge < -0.3 is 14.7 Å². The van der Waals surface area contributed by atoms with Gasteiger partial charge in [-0.3, -0.25) is 0 Å². The van der Waals surface area contributed by atoms with Gasteiger partial charge in [0, 0.05) is 25.0 Å². The van der Waals surface area contributed by atoms with Crippen LogP contribution in [0.3, 0.4) is 0 Å². The van der Waals surface area contributed by atoms with Crippen LogP contribution in [0.1, 0.15) is 38.1 Å². The van der Waals surface area contributed by atoms with E-state index < -0.39 is 0 Å². The molecular weight excluding hydrogens is 264 g/mol. The lowest BCUT2D eigenvalue weighted by Gasteiger charge is -2.21. The van der Waals surface area contributed by atoms with Crippen molar-refractivity contribution in [2.75, 3.05) is 18.9 Å². The molecule has 0 bridgehead atoms. The van der Waals surface area contributed by atoms with Gasteiger partial charge in [0.2, 0.25) is 0 Å². The summed E-state index contributed by atoms with van der Waals surface area (Å²) in [7, 11) is 2.11. The molecule has 0 amide bonds. The first-order valence-electron chi connectivity index (χ1n) is 7.37. The highest BCUT2D eigenvalue weighted by Crippen LogP contribution is 2.13. The van der Waals surface area contributed by atoms with E-state index >= 15 is 0 Å². The second kappa shape index (κ2) is 7.22. The van der Waals surface area contributed by atoms with Gasteiger partial charge in [0.15, 0.2) is 5.82 Å². The molecule has 1 atom stereocenters. The molecule has 1 N–H and O–H groups in total. The molecule has 2 aromatic rings. The smallest absolute Gasteiger partial charge is 0.321 e. The van der Waals surface area contributed by atoms with Crippen LogP contribution < -0.4 is 5.32 Å². The first-order chi connectivity index (χ1) is 10.0. The third-order valence-electron chi connectivity index (χ3n) is 3.21. The zero-order chi connectivity index (χ0) is 15.2. The summed E-state index contributed by atoms with van der Waals surface area (Å²) in [6.07, 6.45) is 0.